The van der Waals surface area contributed by atoms with Gasteiger partial charge in [-0.25, -0.2) is 4.98 Å². The molecule has 1 aliphatic heterocycles. The van der Waals surface area contributed by atoms with E-state index in [0.717, 1.165) is 22.7 Å². The van der Waals surface area contributed by atoms with E-state index in [1.54, 1.807) is 0 Å². The molecule has 3 rings (SSSR count). The quantitative estimate of drug-likeness (QED) is 0.816. The Morgan fingerprint density at radius 3 is 2.52 bits per heavy atom. The number of amides is 1. The molecular formula is C19H20F3N5OS. The number of aromatic nitrogens is 1. The third-order valence-corrected chi connectivity index (χ3v) is 6.01. The largest absolute Gasteiger partial charge is 0.417 e. The highest BCUT2D eigenvalue weighted by atomic mass is 32.1. The van der Waals surface area contributed by atoms with E-state index in [1.807, 2.05) is 23.6 Å². The predicted molar refractivity (Wildman–Crippen MR) is 105 cm³/mol. The first-order valence-electron chi connectivity index (χ1n) is 8.99. The standard InChI is InChI=1S/C19H20F3N5OS/c1-12-13(2)29-18(15(12)9-23)25-17(28)11-26-5-7-27(8-6-26)16-4-3-14(10-24-16)19(20,21)22/h3-4,10H,5-8,11H2,1-2H3,(H,25,28). The van der Waals surface area contributed by atoms with E-state index in [1.165, 1.54) is 17.4 Å². The summed E-state index contributed by atoms with van der Waals surface area (Å²) in [4.78, 5) is 21.1. The van der Waals surface area contributed by atoms with Crippen molar-refractivity contribution in [1.82, 2.24) is 9.88 Å². The van der Waals surface area contributed by atoms with Crippen LogP contribution in [0.4, 0.5) is 24.0 Å². The number of nitriles is 1. The molecule has 0 unspecified atom stereocenters. The van der Waals surface area contributed by atoms with Crippen molar-refractivity contribution in [2.24, 2.45) is 0 Å². The van der Waals surface area contributed by atoms with Crippen molar-refractivity contribution >= 4 is 28.1 Å². The Kier molecular flexibility index (Phi) is 6.10. The minimum atomic E-state index is -4.40. The maximum Gasteiger partial charge on any atom is 0.417 e. The summed E-state index contributed by atoms with van der Waals surface area (Å²) in [6.07, 6.45) is -3.56. The third kappa shape index (κ3) is 4.86. The number of pyridine rings is 1. The fourth-order valence-corrected chi connectivity index (χ4v) is 4.12. The van der Waals surface area contributed by atoms with Gasteiger partial charge >= 0.3 is 6.18 Å². The van der Waals surface area contributed by atoms with Crippen LogP contribution in [-0.2, 0) is 11.0 Å². The van der Waals surface area contributed by atoms with Gasteiger partial charge in [0.1, 0.15) is 16.9 Å². The number of nitrogens with one attached hydrogen (secondary N) is 1. The molecule has 0 radical (unpaired) electrons. The van der Waals surface area contributed by atoms with Gasteiger partial charge in [0.05, 0.1) is 17.7 Å². The number of piperazine rings is 1. The number of rotatable bonds is 4. The zero-order valence-corrected chi connectivity index (χ0v) is 16.8. The molecule has 0 aromatic carbocycles. The highest BCUT2D eigenvalue weighted by Crippen LogP contribution is 2.32. The predicted octanol–water partition coefficient (Wildman–Crippen LogP) is 3.41. The molecule has 29 heavy (non-hydrogen) atoms. The van der Waals surface area contributed by atoms with Crippen LogP contribution in [0.3, 0.4) is 0 Å². The van der Waals surface area contributed by atoms with Gasteiger partial charge in [-0.3, -0.25) is 9.69 Å². The van der Waals surface area contributed by atoms with Gasteiger partial charge in [-0.2, -0.15) is 18.4 Å². The van der Waals surface area contributed by atoms with Gasteiger partial charge in [0, 0.05) is 37.3 Å². The van der Waals surface area contributed by atoms with Crippen LogP contribution in [0.1, 0.15) is 21.6 Å². The Morgan fingerprint density at radius 2 is 1.97 bits per heavy atom. The van der Waals surface area contributed by atoms with Crippen LogP contribution in [0.25, 0.3) is 0 Å². The highest BCUT2D eigenvalue weighted by Gasteiger charge is 2.31. The summed E-state index contributed by atoms with van der Waals surface area (Å²) < 4.78 is 37.9. The molecule has 1 amide bonds. The zero-order valence-electron chi connectivity index (χ0n) is 16.0. The number of hydrogen-bond acceptors (Lipinski definition) is 6. The number of carbonyl (C=O) groups is 1. The van der Waals surface area contributed by atoms with Crippen molar-refractivity contribution in [3.8, 4) is 6.07 Å². The van der Waals surface area contributed by atoms with Crippen molar-refractivity contribution < 1.29 is 18.0 Å². The van der Waals surface area contributed by atoms with E-state index >= 15 is 0 Å². The molecule has 1 aliphatic rings. The first-order valence-corrected chi connectivity index (χ1v) is 9.81. The fraction of sp³-hybridized carbons (Fsp3) is 0.421. The van der Waals surface area contributed by atoms with Gasteiger partial charge in [-0.1, -0.05) is 0 Å². The lowest BCUT2D eigenvalue weighted by molar-refractivity contribution is -0.137. The lowest BCUT2D eigenvalue weighted by atomic mass is 10.2. The van der Waals surface area contributed by atoms with Crippen LogP contribution < -0.4 is 10.2 Å². The first-order chi connectivity index (χ1) is 13.7. The average molecular weight is 423 g/mol. The lowest BCUT2D eigenvalue weighted by Crippen LogP contribution is -2.48. The molecule has 6 nitrogen and oxygen atoms in total. The van der Waals surface area contributed by atoms with E-state index in [-0.39, 0.29) is 12.5 Å². The molecule has 1 saturated heterocycles. The number of anilines is 2. The summed E-state index contributed by atoms with van der Waals surface area (Å²) in [5, 5.41) is 12.7. The van der Waals surface area contributed by atoms with Crippen molar-refractivity contribution in [1.29, 1.82) is 5.26 Å². The maximum atomic E-state index is 12.6. The van der Waals surface area contributed by atoms with E-state index in [0.29, 0.717) is 42.6 Å². The van der Waals surface area contributed by atoms with E-state index < -0.39 is 11.7 Å². The summed E-state index contributed by atoms with van der Waals surface area (Å²) >= 11 is 1.39. The molecule has 2 aromatic rings. The minimum absolute atomic E-state index is 0.190. The number of hydrogen-bond donors (Lipinski definition) is 1. The molecule has 0 saturated carbocycles. The van der Waals surface area contributed by atoms with Crippen LogP contribution in [0.5, 0.6) is 0 Å². The molecule has 2 aromatic heterocycles. The number of nitrogens with zero attached hydrogens (tertiary/aromatic N) is 4. The first kappa shape index (κ1) is 21.1. The molecule has 0 spiro atoms. The molecule has 1 N–H and O–H groups in total. The SMILES string of the molecule is Cc1sc(NC(=O)CN2CCN(c3ccc(C(F)(F)F)cn3)CC2)c(C#N)c1C. The fourth-order valence-electron chi connectivity index (χ4n) is 3.09. The Bertz CT molecular complexity index is 925. The molecule has 3 heterocycles. The molecule has 10 heteroatoms. The number of halogens is 3. The number of aryl methyl sites for hydroxylation is 1. The second kappa shape index (κ2) is 8.39. The Hall–Kier alpha value is -2.64. The van der Waals surface area contributed by atoms with Crippen LogP contribution in [0.15, 0.2) is 18.3 Å². The summed E-state index contributed by atoms with van der Waals surface area (Å²) in [6, 6.07) is 4.53. The Balaban J connectivity index is 1.53. The Labute approximate surface area is 170 Å². The van der Waals surface area contributed by atoms with Crippen LogP contribution in [-0.4, -0.2) is 48.5 Å². The van der Waals surface area contributed by atoms with Gasteiger partial charge < -0.3 is 10.2 Å². The summed E-state index contributed by atoms with van der Waals surface area (Å²) in [5.74, 6) is 0.300. The van der Waals surface area contributed by atoms with Gasteiger partial charge in [0.2, 0.25) is 5.91 Å². The minimum Gasteiger partial charge on any atom is -0.354 e. The average Bonchev–Trinajstić information content (AvgIpc) is 2.94. The summed E-state index contributed by atoms with van der Waals surface area (Å²) in [5.41, 5.74) is 0.608. The third-order valence-electron chi connectivity index (χ3n) is 4.89. The molecule has 154 valence electrons. The Morgan fingerprint density at radius 1 is 1.28 bits per heavy atom. The number of thiophene rings is 1. The summed E-state index contributed by atoms with van der Waals surface area (Å²) in [6.45, 7) is 6.25. The smallest absolute Gasteiger partial charge is 0.354 e. The van der Waals surface area contributed by atoms with Gasteiger partial charge in [-0.05, 0) is 31.5 Å². The number of alkyl halides is 3. The van der Waals surface area contributed by atoms with E-state index in [2.05, 4.69) is 16.4 Å². The van der Waals surface area contributed by atoms with Crippen LogP contribution in [0.2, 0.25) is 0 Å². The van der Waals surface area contributed by atoms with Gasteiger partial charge in [-0.15, -0.1) is 11.3 Å². The highest BCUT2D eigenvalue weighted by molar-refractivity contribution is 7.16. The lowest BCUT2D eigenvalue weighted by Gasteiger charge is -2.35. The second-order valence-corrected chi connectivity index (χ2v) is 8.04. The van der Waals surface area contributed by atoms with E-state index in [4.69, 9.17) is 0 Å². The maximum absolute atomic E-state index is 12.6. The van der Waals surface area contributed by atoms with Crippen molar-refractivity contribution in [2.45, 2.75) is 20.0 Å². The second-order valence-electron chi connectivity index (χ2n) is 6.81. The van der Waals surface area contributed by atoms with Gasteiger partial charge in [0.15, 0.2) is 0 Å². The molecule has 0 atom stereocenters. The van der Waals surface area contributed by atoms with Gasteiger partial charge in [0.25, 0.3) is 0 Å². The normalized spacial score (nSPS) is 15.2. The molecule has 1 fully saturated rings. The van der Waals surface area contributed by atoms with Crippen LogP contribution >= 0.6 is 11.3 Å². The van der Waals surface area contributed by atoms with Crippen molar-refractivity contribution in [3.63, 3.8) is 0 Å². The zero-order chi connectivity index (χ0) is 21.2. The molecule has 0 aliphatic carbocycles. The summed E-state index contributed by atoms with van der Waals surface area (Å²) in [7, 11) is 0. The monoisotopic (exact) mass is 423 g/mol. The number of carbonyl (C=O) groups excluding carboxylic acids is 1. The molecule has 0 bridgehead atoms. The molecular weight excluding hydrogens is 403 g/mol. The van der Waals surface area contributed by atoms with Crippen molar-refractivity contribution in [3.05, 3.63) is 39.9 Å². The van der Waals surface area contributed by atoms with E-state index in [9.17, 15) is 23.2 Å². The van der Waals surface area contributed by atoms with Crippen molar-refractivity contribution in [2.75, 3.05) is 42.9 Å². The topological polar surface area (TPSA) is 72.3 Å². The van der Waals surface area contributed by atoms with Crippen LogP contribution in [0, 0.1) is 25.2 Å².